The molecule has 4 unspecified atom stereocenters. The molecule has 0 bridgehead atoms. The Kier molecular flexibility index (Phi) is 11.1. The van der Waals surface area contributed by atoms with E-state index in [0.29, 0.717) is 13.0 Å². The summed E-state index contributed by atoms with van der Waals surface area (Å²) in [6.07, 6.45) is -0.0174. The largest absolute Gasteiger partial charge is 0.481 e. The topological polar surface area (TPSA) is 237 Å². The first kappa shape index (κ1) is 26.8. The molecule has 1 saturated heterocycles. The molecule has 1 aliphatic rings. The number of aliphatic hydroxyl groups excluding tert-OH is 1. The fraction of sp³-hybridized carbons (Fsp3) is 0.667. The molecule has 32 heavy (non-hydrogen) atoms. The van der Waals surface area contributed by atoms with Gasteiger partial charge in [0.15, 0.2) is 0 Å². The number of hydrogen-bond acceptors (Lipinski definition) is 8. The van der Waals surface area contributed by atoms with E-state index in [-0.39, 0.29) is 19.3 Å². The highest BCUT2D eigenvalue weighted by atomic mass is 16.4. The first-order valence-corrected chi connectivity index (χ1v) is 10.0. The third kappa shape index (κ3) is 9.26. The Balaban J connectivity index is 2.80. The molecule has 1 heterocycles. The summed E-state index contributed by atoms with van der Waals surface area (Å²) in [6, 6.07) is -4.90. The normalized spacial score (nSPS) is 18.1. The van der Waals surface area contributed by atoms with Crippen LogP contribution in [0.5, 0.6) is 0 Å². The van der Waals surface area contributed by atoms with Crippen molar-refractivity contribution in [3.05, 3.63) is 0 Å². The van der Waals surface area contributed by atoms with Gasteiger partial charge in [-0.05, 0) is 32.2 Å². The molecule has 0 radical (unpaired) electrons. The Morgan fingerprint density at radius 2 is 1.50 bits per heavy atom. The lowest BCUT2D eigenvalue weighted by atomic mass is 10.1. The van der Waals surface area contributed by atoms with Crippen molar-refractivity contribution in [2.75, 3.05) is 13.2 Å². The minimum Gasteiger partial charge on any atom is -0.481 e. The maximum Gasteiger partial charge on any atom is 0.326 e. The molecular formula is C18H29N5O9. The van der Waals surface area contributed by atoms with Crippen molar-refractivity contribution in [3.8, 4) is 0 Å². The summed E-state index contributed by atoms with van der Waals surface area (Å²) in [5.74, 6) is -5.89. The number of carbonyl (C=O) groups is 6. The Morgan fingerprint density at radius 3 is 2.00 bits per heavy atom. The summed E-state index contributed by atoms with van der Waals surface area (Å²) in [4.78, 5) is 70.3. The summed E-state index contributed by atoms with van der Waals surface area (Å²) >= 11 is 0. The van der Waals surface area contributed by atoms with E-state index >= 15 is 0 Å². The van der Waals surface area contributed by atoms with Gasteiger partial charge in [-0.25, -0.2) is 4.79 Å². The lowest BCUT2D eigenvalue weighted by Gasteiger charge is -2.24. The van der Waals surface area contributed by atoms with Crippen LogP contribution in [0.1, 0.15) is 38.5 Å². The van der Waals surface area contributed by atoms with E-state index in [4.69, 9.17) is 15.9 Å². The SMILES string of the molecule is NC(=O)CCC(NC(=O)C(CO)NC(=O)C(CCC(=O)O)NC(=O)C1CCCN1)C(=O)O. The molecular weight excluding hydrogens is 430 g/mol. The zero-order chi connectivity index (χ0) is 24.3. The van der Waals surface area contributed by atoms with Crippen molar-refractivity contribution in [1.29, 1.82) is 0 Å². The highest BCUT2D eigenvalue weighted by molar-refractivity contribution is 5.94. The van der Waals surface area contributed by atoms with Gasteiger partial charge in [-0.2, -0.15) is 0 Å². The van der Waals surface area contributed by atoms with Gasteiger partial charge < -0.3 is 42.3 Å². The number of carboxylic acids is 2. The van der Waals surface area contributed by atoms with Gasteiger partial charge in [0.25, 0.3) is 0 Å². The monoisotopic (exact) mass is 459 g/mol. The first-order chi connectivity index (χ1) is 15.0. The molecule has 0 spiro atoms. The predicted octanol–water partition coefficient (Wildman–Crippen LogP) is -3.60. The quantitative estimate of drug-likeness (QED) is 0.127. The van der Waals surface area contributed by atoms with Crippen molar-refractivity contribution in [1.82, 2.24) is 21.3 Å². The highest BCUT2D eigenvalue weighted by Gasteiger charge is 2.31. The van der Waals surface area contributed by atoms with Crippen molar-refractivity contribution in [3.63, 3.8) is 0 Å². The first-order valence-electron chi connectivity index (χ1n) is 10.0. The van der Waals surface area contributed by atoms with E-state index in [1.54, 1.807) is 0 Å². The fourth-order valence-electron chi connectivity index (χ4n) is 3.00. The average molecular weight is 459 g/mol. The maximum absolute atomic E-state index is 12.6. The number of nitrogens with one attached hydrogen (secondary N) is 4. The van der Waals surface area contributed by atoms with Crippen LogP contribution in [0.4, 0.5) is 0 Å². The maximum atomic E-state index is 12.6. The van der Waals surface area contributed by atoms with Crippen molar-refractivity contribution in [2.45, 2.75) is 62.7 Å². The molecule has 1 fully saturated rings. The van der Waals surface area contributed by atoms with E-state index in [0.717, 1.165) is 6.42 Å². The predicted molar refractivity (Wildman–Crippen MR) is 107 cm³/mol. The lowest BCUT2D eigenvalue weighted by Crippen LogP contribution is -2.58. The molecule has 0 aliphatic carbocycles. The van der Waals surface area contributed by atoms with E-state index in [9.17, 15) is 33.9 Å². The van der Waals surface area contributed by atoms with Crippen molar-refractivity contribution in [2.24, 2.45) is 5.73 Å². The van der Waals surface area contributed by atoms with Gasteiger partial charge in [0.05, 0.1) is 12.6 Å². The molecule has 0 aromatic heterocycles. The van der Waals surface area contributed by atoms with E-state index in [2.05, 4.69) is 21.3 Å². The smallest absolute Gasteiger partial charge is 0.326 e. The molecule has 4 atom stereocenters. The number of primary amides is 1. The summed E-state index contributed by atoms with van der Waals surface area (Å²) in [5.41, 5.74) is 4.97. The van der Waals surface area contributed by atoms with Gasteiger partial charge in [0.2, 0.25) is 23.6 Å². The number of hydrogen-bond donors (Lipinski definition) is 8. The molecule has 4 amide bonds. The number of carboxylic acid groups (broad SMARTS) is 2. The van der Waals surface area contributed by atoms with E-state index in [1.807, 2.05) is 0 Å². The third-order valence-electron chi connectivity index (χ3n) is 4.77. The lowest BCUT2D eigenvalue weighted by molar-refractivity contribution is -0.143. The van der Waals surface area contributed by atoms with Gasteiger partial charge in [0.1, 0.15) is 18.1 Å². The second kappa shape index (κ2) is 13.2. The number of amides is 4. The number of carbonyl (C=O) groups excluding carboxylic acids is 4. The molecule has 0 aromatic carbocycles. The zero-order valence-electron chi connectivity index (χ0n) is 17.3. The molecule has 1 aliphatic heterocycles. The number of rotatable bonds is 14. The minimum atomic E-state index is -1.58. The molecule has 0 aromatic rings. The molecule has 0 saturated carbocycles. The van der Waals surface area contributed by atoms with Gasteiger partial charge in [0, 0.05) is 12.8 Å². The van der Waals surface area contributed by atoms with Gasteiger partial charge >= 0.3 is 11.9 Å². The van der Waals surface area contributed by atoms with Crippen LogP contribution in [-0.2, 0) is 28.8 Å². The highest BCUT2D eigenvalue weighted by Crippen LogP contribution is 2.07. The van der Waals surface area contributed by atoms with Gasteiger partial charge in [-0.3, -0.25) is 24.0 Å². The molecule has 1 rings (SSSR count). The number of aliphatic hydroxyl groups is 1. The molecule has 180 valence electrons. The van der Waals surface area contributed by atoms with Crippen LogP contribution in [0.25, 0.3) is 0 Å². The van der Waals surface area contributed by atoms with Crippen molar-refractivity contribution < 1.29 is 44.1 Å². The third-order valence-corrected chi connectivity index (χ3v) is 4.77. The Labute approximate surface area is 183 Å². The zero-order valence-corrected chi connectivity index (χ0v) is 17.3. The van der Waals surface area contributed by atoms with Gasteiger partial charge in [-0.1, -0.05) is 0 Å². The summed E-state index contributed by atoms with van der Waals surface area (Å²) in [7, 11) is 0. The van der Waals surface area contributed by atoms with Gasteiger partial charge in [-0.15, -0.1) is 0 Å². The Bertz CT molecular complexity index is 724. The van der Waals surface area contributed by atoms with Crippen LogP contribution in [0.3, 0.4) is 0 Å². The van der Waals surface area contributed by atoms with Crippen LogP contribution in [0.15, 0.2) is 0 Å². The average Bonchev–Trinajstić information content (AvgIpc) is 3.26. The van der Waals surface area contributed by atoms with E-state index in [1.165, 1.54) is 0 Å². The number of nitrogens with two attached hydrogens (primary N) is 1. The Hall–Kier alpha value is -3.26. The van der Waals surface area contributed by atoms with Crippen molar-refractivity contribution >= 4 is 35.6 Å². The fourth-order valence-corrected chi connectivity index (χ4v) is 3.00. The second-order valence-corrected chi connectivity index (χ2v) is 7.29. The minimum absolute atomic E-state index is 0.268. The molecule has 14 heteroatoms. The molecule has 9 N–H and O–H groups in total. The summed E-state index contributed by atoms with van der Waals surface area (Å²) < 4.78 is 0. The van der Waals surface area contributed by atoms with Crippen LogP contribution in [-0.4, -0.2) is 88.2 Å². The molecule has 14 nitrogen and oxygen atoms in total. The summed E-state index contributed by atoms with van der Waals surface area (Å²) in [6.45, 7) is -0.277. The number of aliphatic carboxylic acids is 2. The van der Waals surface area contributed by atoms with Crippen LogP contribution < -0.4 is 27.0 Å². The van der Waals surface area contributed by atoms with Crippen LogP contribution in [0, 0.1) is 0 Å². The van der Waals surface area contributed by atoms with E-state index < -0.39 is 72.8 Å². The standard InChI is InChI=1S/C18H29N5O9/c19-13(25)5-3-11(18(31)32)22-17(30)12(8-24)23-16(29)10(4-6-14(26)27)21-15(28)9-2-1-7-20-9/h9-12,20,24H,1-8H2,(H2,19,25)(H,21,28)(H,22,30)(H,23,29)(H,26,27)(H,31,32). The second-order valence-electron chi connectivity index (χ2n) is 7.29. The summed E-state index contributed by atoms with van der Waals surface area (Å²) in [5, 5.41) is 37.2. The van der Waals surface area contributed by atoms with Crippen LogP contribution in [0.2, 0.25) is 0 Å². The van der Waals surface area contributed by atoms with Crippen LogP contribution >= 0.6 is 0 Å². The Morgan fingerprint density at radius 1 is 0.906 bits per heavy atom.